The molecule has 2 rings (SSSR count). The van der Waals surface area contributed by atoms with Crippen LogP contribution in [0.25, 0.3) is 0 Å². The van der Waals surface area contributed by atoms with Gasteiger partial charge in [0.05, 0.1) is 11.1 Å². The van der Waals surface area contributed by atoms with Crippen LogP contribution in [0.1, 0.15) is 24.1 Å². The summed E-state index contributed by atoms with van der Waals surface area (Å²) in [5.41, 5.74) is 0.980. The van der Waals surface area contributed by atoms with Crippen molar-refractivity contribution in [3.05, 3.63) is 16.4 Å². The highest BCUT2D eigenvalue weighted by atomic mass is 35.5. The minimum absolute atomic E-state index is 0.461. The van der Waals surface area contributed by atoms with Crippen LogP contribution >= 0.6 is 11.6 Å². The van der Waals surface area contributed by atoms with Crippen molar-refractivity contribution in [2.75, 3.05) is 13.1 Å². The number of aliphatic carboxylic acids is 1. The summed E-state index contributed by atoms with van der Waals surface area (Å²) in [6.07, 6.45) is 1.72. The summed E-state index contributed by atoms with van der Waals surface area (Å²) in [6, 6.07) is 0. The lowest BCUT2D eigenvalue weighted by atomic mass is 9.74. The number of carboxylic acid groups (broad SMARTS) is 1. The molecule has 6 heteroatoms. The number of aromatic nitrogens is 2. The van der Waals surface area contributed by atoms with E-state index in [-0.39, 0.29) is 0 Å². The third-order valence-electron chi connectivity index (χ3n) is 3.80. The van der Waals surface area contributed by atoms with Crippen LogP contribution in [0.2, 0.25) is 5.15 Å². The molecule has 0 saturated carbocycles. The Morgan fingerprint density at radius 3 is 2.61 bits per heavy atom. The molecular weight excluding hydrogens is 254 g/mol. The van der Waals surface area contributed by atoms with E-state index in [4.69, 9.17) is 11.6 Å². The Labute approximate surface area is 111 Å². The maximum atomic E-state index is 11.6. The van der Waals surface area contributed by atoms with Crippen LogP contribution in [-0.2, 0) is 18.3 Å². The van der Waals surface area contributed by atoms with Gasteiger partial charge in [-0.3, -0.25) is 9.48 Å². The second-order valence-corrected chi connectivity index (χ2v) is 5.35. The van der Waals surface area contributed by atoms with E-state index >= 15 is 0 Å². The summed E-state index contributed by atoms with van der Waals surface area (Å²) < 4.78 is 1.60. The molecule has 0 amide bonds. The first-order chi connectivity index (χ1) is 8.46. The highest BCUT2D eigenvalue weighted by Crippen LogP contribution is 2.36. The molecule has 1 aromatic heterocycles. The minimum atomic E-state index is -0.733. The second-order valence-electron chi connectivity index (χ2n) is 4.99. The summed E-state index contributed by atoms with van der Waals surface area (Å²) in [6.45, 7) is 3.35. The van der Waals surface area contributed by atoms with Crippen LogP contribution in [0.3, 0.4) is 0 Å². The lowest BCUT2D eigenvalue weighted by Crippen LogP contribution is -2.43. The van der Waals surface area contributed by atoms with Gasteiger partial charge in [0.25, 0.3) is 0 Å². The first kappa shape index (κ1) is 13.4. The summed E-state index contributed by atoms with van der Waals surface area (Å²) in [7, 11) is 1.77. The van der Waals surface area contributed by atoms with Crippen molar-refractivity contribution in [1.82, 2.24) is 15.1 Å². The zero-order valence-electron chi connectivity index (χ0n) is 10.7. The highest BCUT2D eigenvalue weighted by molar-refractivity contribution is 6.30. The number of halogens is 1. The maximum absolute atomic E-state index is 11.6. The van der Waals surface area contributed by atoms with Crippen LogP contribution in [0.4, 0.5) is 0 Å². The molecule has 0 radical (unpaired) electrons. The molecule has 0 bridgehead atoms. The van der Waals surface area contributed by atoms with Gasteiger partial charge in [-0.1, -0.05) is 11.6 Å². The molecule has 0 aromatic carbocycles. The minimum Gasteiger partial charge on any atom is -0.481 e. The van der Waals surface area contributed by atoms with E-state index in [1.807, 2.05) is 6.92 Å². The number of nitrogens with one attached hydrogen (secondary N) is 1. The van der Waals surface area contributed by atoms with E-state index in [0.717, 1.165) is 24.3 Å². The monoisotopic (exact) mass is 271 g/mol. The van der Waals surface area contributed by atoms with Gasteiger partial charge < -0.3 is 10.4 Å². The zero-order valence-corrected chi connectivity index (χ0v) is 11.4. The van der Waals surface area contributed by atoms with Crippen LogP contribution in [0, 0.1) is 12.3 Å². The van der Waals surface area contributed by atoms with E-state index in [2.05, 4.69) is 10.4 Å². The fourth-order valence-electron chi connectivity index (χ4n) is 2.58. The largest absolute Gasteiger partial charge is 0.481 e. The van der Waals surface area contributed by atoms with Gasteiger partial charge in [-0.2, -0.15) is 5.10 Å². The number of rotatable bonds is 3. The maximum Gasteiger partial charge on any atom is 0.310 e. The number of nitrogens with zero attached hydrogens (tertiary/aromatic N) is 2. The fraction of sp³-hybridized carbons (Fsp3) is 0.667. The van der Waals surface area contributed by atoms with Crippen LogP contribution in [0.15, 0.2) is 0 Å². The SMILES string of the molecule is Cc1nn(C)c(Cl)c1CC1(C(=O)O)CCNCC1. The Bertz CT molecular complexity index is 464. The summed E-state index contributed by atoms with van der Waals surface area (Å²) in [5, 5.41) is 17.5. The molecule has 1 aliphatic rings. The topological polar surface area (TPSA) is 67.2 Å². The van der Waals surface area contributed by atoms with Crippen molar-refractivity contribution in [2.45, 2.75) is 26.2 Å². The van der Waals surface area contributed by atoms with Crippen molar-refractivity contribution in [3.63, 3.8) is 0 Å². The van der Waals surface area contributed by atoms with E-state index in [0.29, 0.717) is 24.4 Å². The van der Waals surface area contributed by atoms with Gasteiger partial charge in [0.1, 0.15) is 5.15 Å². The predicted molar refractivity (Wildman–Crippen MR) is 68.8 cm³/mol. The Kier molecular flexibility index (Phi) is 3.64. The fourth-order valence-corrected chi connectivity index (χ4v) is 2.83. The third-order valence-corrected chi connectivity index (χ3v) is 4.27. The number of aryl methyl sites for hydroxylation is 2. The zero-order chi connectivity index (χ0) is 13.3. The Morgan fingerprint density at radius 2 is 2.17 bits per heavy atom. The normalized spacial score (nSPS) is 18.8. The molecule has 2 N–H and O–H groups in total. The van der Waals surface area contributed by atoms with Gasteiger partial charge in [-0.15, -0.1) is 0 Å². The summed E-state index contributed by atoms with van der Waals surface area (Å²) in [4.78, 5) is 11.6. The van der Waals surface area contributed by atoms with Crippen molar-refractivity contribution in [2.24, 2.45) is 12.5 Å². The van der Waals surface area contributed by atoms with Gasteiger partial charge in [0, 0.05) is 12.6 Å². The van der Waals surface area contributed by atoms with Crippen LogP contribution in [0.5, 0.6) is 0 Å². The number of carbonyl (C=O) groups is 1. The van der Waals surface area contributed by atoms with Gasteiger partial charge in [0.15, 0.2) is 0 Å². The number of hydrogen-bond acceptors (Lipinski definition) is 3. The predicted octanol–water partition coefficient (Wildman–Crippen LogP) is 1.38. The number of hydrogen-bond donors (Lipinski definition) is 2. The molecule has 1 saturated heterocycles. The first-order valence-corrected chi connectivity index (χ1v) is 6.46. The first-order valence-electron chi connectivity index (χ1n) is 6.08. The molecule has 0 unspecified atom stereocenters. The van der Waals surface area contributed by atoms with E-state index in [1.54, 1.807) is 11.7 Å². The molecule has 1 aliphatic heterocycles. The van der Waals surface area contributed by atoms with E-state index < -0.39 is 11.4 Å². The quantitative estimate of drug-likeness (QED) is 0.872. The van der Waals surface area contributed by atoms with Crippen molar-refractivity contribution >= 4 is 17.6 Å². The van der Waals surface area contributed by atoms with Crippen molar-refractivity contribution in [1.29, 1.82) is 0 Å². The Hall–Kier alpha value is -1.07. The van der Waals surface area contributed by atoms with Gasteiger partial charge in [-0.05, 0) is 39.3 Å². The second kappa shape index (κ2) is 4.90. The lowest BCUT2D eigenvalue weighted by Gasteiger charge is -2.33. The average Bonchev–Trinajstić information content (AvgIpc) is 2.57. The molecule has 1 aromatic rings. The molecule has 100 valence electrons. The van der Waals surface area contributed by atoms with E-state index in [9.17, 15) is 9.90 Å². The molecule has 1 fully saturated rings. The highest BCUT2D eigenvalue weighted by Gasteiger charge is 2.41. The number of piperidine rings is 1. The smallest absolute Gasteiger partial charge is 0.310 e. The van der Waals surface area contributed by atoms with Crippen LogP contribution < -0.4 is 5.32 Å². The summed E-state index contributed by atoms with van der Waals surface area (Å²) >= 11 is 6.19. The van der Waals surface area contributed by atoms with Gasteiger partial charge in [0.2, 0.25) is 0 Å². The Balaban J connectivity index is 2.31. The van der Waals surface area contributed by atoms with E-state index in [1.165, 1.54) is 0 Å². The van der Waals surface area contributed by atoms with Crippen LogP contribution in [-0.4, -0.2) is 33.9 Å². The number of carboxylic acids is 1. The molecule has 18 heavy (non-hydrogen) atoms. The molecule has 0 spiro atoms. The molecule has 5 nitrogen and oxygen atoms in total. The molecule has 0 atom stereocenters. The van der Waals surface area contributed by atoms with Gasteiger partial charge in [-0.25, -0.2) is 0 Å². The standard InChI is InChI=1S/C12H18ClN3O2/c1-8-9(10(13)16(2)15-8)7-12(11(17)18)3-5-14-6-4-12/h14H,3-7H2,1-2H3,(H,17,18). The van der Waals surface area contributed by atoms with Gasteiger partial charge >= 0.3 is 5.97 Å². The van der Waals surface area contributed by atoms with Crippen molar-refractivity contribution < 1.29 is 9.90 Å². The summed E-state index contributed by atoms with van der Waals surface area (Å²) in [5.74, 6) is -0.733. The van der Waals surface area contributed by atoms with Crippen molar-refractivity contribution in [3.8, 4) is 0 Å². The Morgan fingerprint density at radius 1 is 1.56 bits per heavy atom. The molecular formula is C12H18ClN3O2. The molecule has 0 aliphatic carbocycles. The lowest BCUT2D eigenvalue weighted by molar-refractivity contribution is -0.150. The third kappa shape index (κ3) is 2.24. The molecule has 2 heterocycles. The average molecular weight is 272 g/mol.